The van der Waals surface area contributed by atoms with E-state index in [4.69, 9.17) is 5.73 Å². The molecule has 5 heteroatoms. The fraction of sp³-hybridized carbons (Fsp3) is 0.481. The molecule has 2 aromatic rings. The van der Waals surface area contributed by atoms with Gasteiger partial charge in [-0.2, -0.15) is 0 Å². The van der Waals surface area contributed by atoms with Gasteiger partial charge in [0.15, 0.2) is 0 Å². The van der Waals surface area contributed by atoms with E-state index < -0.39 is 23.8 Å². The molecule has 0 aliphatic heterocycles. The van der Waals surface area contributed by atoms with E-state index in [1.807, 2.05) is 0 Å². The Balaban J connectivity index is 1.75. The summed E-state index contributed by atoms with van der Waals surface area (Å²) < 4.78 is 27.0. The van der Waals surface area contributed by atoms with Crippen LogP contribution in [0, 0.1) is 11.6 Å². The van der Waals surface area contributed by atoms with Crippen LogP contribution in [0.1, 0.15) is 63.1 Å². The van der Waals surface area contributed by atoms with Gasteiger partial charge >= 0.3 is 0 Å². The monoisotopic (exact) mass is 442 g/mol. The summed E-state index contributed by atoms with van der Waals surface area (Å²) in [6, 6.07) is 11.4. The molecule has 3 rings (SSSR count). The molecule has 1 aliphatic rings. The van der Waals surface area contributed by atoms with Crippen molar-refractivity contribution in [2.45, 2.75) is 76.0 Å². The number of nitrogens with one attached hydrogen (secondary N) is 1. The van der Waals surface area contributed by atoms with Gasteiger partial charge in [-0.25, -0.2) is 8.78 Å². The van der Waals surface area contributed by atoms with Crippen molar-refractivity contribution >= 4 is 0 Å². The number of hydrogen-bond acceptors (Lipinski definition) is 3. The molecule has 2 atom stereocenters. The lowest BCUT2D eigenvalue weighted by atomic mass is 9.73. The highest BCUT2D eigenvalue weighted by Crippen LogP contribution is 2.40. The lowest BCUT2D eigenvalue weighted by Crippen LogP contribution is -2.51. The van der Waals surface area contributed by atoms with Crippen LogP contribution in [-0.4, -0.2) is 23.8 Å². The SMILES string of the molecule is C=C1CCC(NCC(O)C(N)Cc2cc(F)cc(F)c2)(c2cccc(C(C)(C)C)c2)CC1. The summed E-state index contributed by atoms with van der Waals surface area (Å²) in [5.41, 5.74) is 10.1. The molecule has 0 amide bonds. The molecule has 32 heavy (non-hydrogen) atoms. The molecular weight excluding hydrogens is 406 g/mol. The van der Waals surface area contributed by atoms with E-state index in [2.05, 4.69) is 56.9 Å². The second kappa shape index (κ2) is 9.82. The van der Waals surface area contributed by atoms with Crippen molar-refractivity contribution in [3.8, 4) is 0 Å². The average Bonchev–Trinajstić information content (AvgIpc) is 2.72. The minimum Gasteiger partial charge on any atom is -0.390 e. The van der Waals surface area contributed by atoms with Crippen LogP contribution in [0.5, 0.6) is 0 Å². The highest BCUT2D eigenvalue weighted by atomic mass is 19.1. The van der Waals surface area contributed by atoms with Gasteiger partial charge in [-0.05, 0) is 66.3 Å². The number of halogens is 2. The predicted molar refractivity (Wildman–Crippen MR) is 126 cm³/mol. The minimum absolute atomic E-state index is 0.0392. The molecule has 0 spiro atoms. The van der Waals surface area contributed by atoms with E-state index in [9.17, 15) is 13.9 Å². The molecule has 2 unspecified atom stereocenters. The number of aliphatic hydroxyl groups excluding tert-OH is 1. The van der Waals surface area contributed by atoms with Crippen LogP contribution in [0.15, 0.2) is 54.6 Å². The van der Waals surface area contributed by atoms with Gasteiger partial charge in [0.1, 0.15) is 11.6 Å². The van der Waals surface area contributed by atoms with Gasteiger partial charge in [-0.3, -0.25) is 0 Å². The minimum atomic E-state index is -0.853. The number of aliphatic hydroxyl groups is 1. The Bertz CT molecular complexity index is 921. The molecule has 3 nitrogen and oxygen atoms in total. The lowest BCUT2D eigenvalue weighted by Gasteiger charge is -2.41. The first kappa shape index (κ1) is 24.6. The van der Waals surface area contributed by atoms with Crippen LogP contribution in [0.4, 0.5) is 8.78 Å². The zero-order chi connectivity index (χ0) is 23.5. The summed E-state index contributed by atoms with van der Waals surface area (Å²) in [5, 5.41) is 14.4. The van der Waals surface area contributed by atoms with Crippen molar-refractivity contribution in [1.82, 2.24) is 5.32 Å². The third-order valence-corrected chi connectivity index (χ3v) is 6.63. The molecule has 2 aromatic carbocycles. The lowest BCUT2D eigenvalue weighted by molar-refractivity contribution is 0.120. The fourth-order valence-electron chi connectivity index (χ4n) is 4.47. The quantitative estimate of drug-likeness (QED) is 0.523. The van der Waals surface area contributed by atoms with Crippen LogP contribution in [0.25, 0.3) is 0 Å². The van der Waals surface area contributed by atoms with Crippen LogP contribution >= 0.6 is 0 Å². The summed E-state index contributed by atoms with van der Waals surface area (Å²) >= 11 is 0. The normalized spacial score (nSPS) is 18.4. The zero-order valence-corrected chi connectivity index (χ0v) is 19.4. The fourth-order valence-corrected chi connectivity index (χ4v) is 4.47. The van der Waals surface area contributed by atoms with Crippen molar-refractivity contribution < 1.29 is 13.9 Å². The number of hydrogen-bond donors (Lipinski definition) is 3. The van der Waals surface area contributed by atoms with E-state index >= 15 is 0 Å². The van der Waals surface area contributed by atoms with Gasteiger partial charge in [0.05, 0.1) is 6.10 Å². The van der Waals surface area contributed by atoms with Gasteiger partial charge in [-0.1, -0.05) is 57.2 Å². The molecule has 174 valence electrons. The number of nitrogens with two attached hydrogens (primary N) is 1. The van der Waals surface area contributed by atoms with Crippen molar-refractivity contribution in [3.63, 3.8) is 0 Å². The Kier molecular flexibility index (Phi) is 7.53. The van der Waals surface area contributed by atoms with Gasteiger partial charge in [0.2, 0.25) is 0 Å². The van der Waals surface area contributed by atoms with E-state index in [1.54, 1.807) is 0 Å². The molecule has 0 radical (unpaired) electrons. The zero-order valence-electron chi connectivity index (χ0n) is 19.4. The summed E-state index contributed by atoms with van der Waals surface area (Å²) in [4.78, 5) is 0. The van der Waals surface area contributed by atoms with Gasteiger partial charge in [-0.15, -0.1) is 0 Å². The Morgan fingerprint density at radius 1 is 1.09 bits per heavy atom. The highest BCUT2D eigenvalue weighted by molar-refractivity contribution is 5.34. The topological polar surface area (TPSA) is 58.3 Å². The largest absolute Gasteiger partial charge is 0.390 e. The summed E-state index contributed by atoms with van der Waals surface area (Å²) in [6.45, 7) is 11.1. The Hall–Kier alpha value is -2.08. The maximum absolute atomic E-state index is 13.5. The van der Waals surface area contributed by atoms with Crippen LogP contribution in [0.3, 0.4) is 0 Å². The van der Waals surface area contributed by atoms with E-state index in [-0.39, 0.29) is 17.4 Å². The van der Waals surface area contributed by atoms with Crippen molar-refractivity contribution in [2.24, 2.45) is 5.73 Å². The number of rotatable bonds is 7. The van der Waals surface area contributed by atoms with E-state index in [1.165, 1.54) is 28.8 Å². The Labute approximate surface area is 190 Å². The molecule has 0 aromatic heterocycles. The molecule has 1 fully saturated rings. The second-order valence-corrected chi connectivity index (χ2v) is 10.3. The van der Waals surface area contributed by atoms with Crippen molar-refractivity contribution in [1.29, 1.82) is 0 Å². The smallest absolute Gasteiger partial charge is 0.126 e. The maximum atomic E-state index is 13.5. The molecule has 0 heterocycles. The van der Waals surface area contributed by atoms with Crippen LogP contribution < -0.4 is 11.1 Å². The molecule has 0 bridgehead atoms. The van der Waals surface area contributed by atoms with Crippen LogP contribution in [-0.2, 0) is 17.4 Å². The van der Waals surface area contributed by atoms with Gasteiger partial charge in [0, 0.05) is 24.2 Å². The summed E-state index contributed by atoms with van der Waals surface area (Å²) in [5.74, 6) is -1.28. The third kappa shape index (κ3) is 6.03. The molecular formula is C27H36F2N2O. The van der Waals surface area contributed by atoms with E-state index in [0.717, 1.165) is 31.7 Å². The molecule has 1 aliphatic carbocycles. The van der Waals surface area contributed by atoms with Crippen molar-refractivity contribution in [2.75, 3.05) is 6.54 Å². The highest BCUT2D eigenvalue weighted by Gasteiger charge is 2.36. The number of benzene rings is 2. The maximum Gasteiger partial charge on any atom is 0.126 e. The van der Waals surface area contributed by atoms with E-state index in [0.29, 0.717) is 12.1 Å². The molecule has 4 N–H and O–H groups in total. The first-order valence-electron chi connectivity index (χ1n) is 11.4. The van der Waals surface area contributed by atoms with Gasteiger partial charge in [0.25, 0.3) is 0 Å². The molecule has 1 saturated carbocycles. The first-order valence-corrected chi connectivity index (χ1v) is 11.4. The summed E-state index contributed by atoms with van der Waals surface area (Å²) in [6.07, 6.45) is 3.00. The first-order chi connectivity index (χ1) is 15.0. The second-order valence-electron chi connectivity index (χ2n) is 10.3. The third-order valence-electron chi connectivity index (χ3n) is 6.63. The van der Waals surface area contributed by atoms with Gasteiger partial charge < -0.3 is 16.2 Å². The Morgan fingerprint density at radius 2 is 1.72 bits per heavy atom. The number of allylic oxidation sites excluding steroid dienone is 1. The molecule has 0 saturated heterocycles. The van der Waals surface area contributed by atoms with Crippen LogP contribution in [0.2, 0.25) is 0 Å². The predicted octanol–water partition coefficient (Wildman–Crippen LogP) is 5.11. The van der Waals surface area contributed by atoms with Crippen molar-refractivity contribution in [3.05, 3.63) is 82.9 Å². The summed E-state index contributed by atoms with van der Waals surface area (Å²) in [7, 11) is 0. The standard InChI is InChI=1S/C27H36F2N2O/c1-18-8-10-27(11-9-18,21-7-5-6-20(15-21)26(2,3)4)31-17-25(32)24(30)14-19-12-22(28)16-23(29)13-19/h5-7,12-13,15-16,24-25,31-32H,1,8-11,14,17,30H2,2-4H3. The Morgan fingerprint density at radius 3 is 2.31 bits per heavy atom. The average molecular weight is 443 g/mol.